The van der Waals surface area contributed by atoms with E-state index in [4.69, 9.17) is 14.2 Å². The van der Waals surface area contributed by atoms with E-state index < -0.39 is 42.1 Å². The molecule has 27 heavy (non-hydrogen) atoms. The van der Waals surface area contributed by atoms with E-state index in [0.29, 0.717) is 25.7 Å². The normalized spacial score (nSPS) is 41.5. The van der Waals surface area contributed by atoms with Gasteiger partial charge in [0.25, 0.3) is 0 Å². The van der Waals surface area contributed by atoms with E-state index in [0.717, 1.165) is 0 Å². The van der Waals surface area contributed by atoms with Crippen LogP contribution < -0.4 is 0 Å². The molecule has 1 unspecified atom stereocenters. The number of fused-ring (bicyclic) bond motifs is 3. The fourth-order valence-corrected chi connectivity index (χ4v) is 4.10. The lowest BCUT2D eigenvalue weighted by atomic mass is 9.81. The standard InChI is InChI=1S/C20H28O7/c1-5-11(2)17(22)26-15-9-19(4)6-7-20(24,27-19)13(10-21)8-14-16(15)12(3)18(23)25-14/h8,11,14-16,21,24H,3,5-7,9-10H2,1-2,4H3/b13-8-/t11?,14-,15-,16+,19+,20-/m1/s1. The van der Waals surface area contributed by atoms with Crippen molar-refractivity contribution < 1.29 is 34.0 Å². The van der Waals surface area contributed by atoms with Gasteiger partial charge >= 0.3 is 11.9 Å². The van der Waals surface area contributed by atoms with Gasteiger partial charge in [0, 0.05) is 24.0 Å². The number of hydrogen-bond acceptors (Lipinski definition) is 7. The maximum atomic E-state index is 12.5. The molecule has 3 aliphatic rings. The Bertz CT molecular complexity index is 684. The van der Waals surface area contributed by atoms with Crippen LogP contribution in [0.3, 0.4) is 0 Å². The van der Waals surface area contributed by atoms with Gasteiger partial charge in [0.2, 0.25) is 0 Å². The molecule has 7 heteroatoms. The quantitative estimate of drug-likeness (QED) is 0.434. The van der Waals surface area contributed by atoms with E-state index in [9.17, 15) is 19.8 Å². The summed E-state index contributed by atoms with van der Waals surface area (Å²) in [6.07, 6.45) is 1.81. The molecule has 0 aromatic rings. The average Bonchev–Trinajstić information content (AvgIpc) is 3.08. The largest absolute Gasteiger partial charge is 0.461 e. The molecule has 0 aromatic heterocycles. The Morgan fingerprint density at radius 2 is 2.19 bits per heavy atom. The summed E-state index contributed by atoms with van der Waals surface area (Å²) in [6, 6.07) is 0. The highest BCUT2D eigenvalue weighted by molar-refractivity contribution is 5.91. The van der Waals surface area contributed by atoms with Gasteiger partial charge in [-0.1, -0.05) is 20.4 Å². The fourth-order valence-electron chi connectivity index (χ4n) is 4.10. The lowest BCUT2D eigenvalue weighted by Gasteiger charge is -2.33. The molecule has 2 saturated heterocycles. The molecule has 2 N–H and O–H groups in total. The Morgan fingerprint density at radius 3 is 2.81 bits per heavy atom. The van der Waals surface area contributed by atoms with Crippen molar-refractivity contribution in [1.29, 1.82) is 0 Å². The van der Waals surface area contributed by atoms with E-state index in [-0.39, 0.29) is 23.0 Å². The van der Waals surface area contributed by atoms with E-state index in [1.54, 1.807) is 6.92 Å². The van der Waals surface area contributed by atoms with Crippen LogP contribution in [0.1, 0.15) is 46.5 Å². The Balaban J connectivity index is 2.03. The van der Waals surface area contributed by atoms with Crippen LogP contribution in [-0.4, -0.2) is 52.4 Å². The van der Waals surface area contributed by atoms with Gasteiger partial charge in [-0.3, -0.25) is 4.79 Å². The Morgan fingerprint density at radius 1 is 1.48 bits per heavy atom. The van der Waals surface area contributed by atoms with Crippen molar-refractivity contribution in [1.82, 2.24) is 0 Å². The molecule has 0 amide bonds. The first-order valence-corrected chi connectivity index (χ1v) is 9.47. The topological polar surface area (TPSA) is 102 Å². The molecule has 3 heterocycles. The van der Waals surface area contributed by atoms with Crippen LogP contribution in [0.15, 0.2) is 23.8 Å². The zero-order chi connectivity index (χ0) is 20.0. The minimum absolute atomic E-state index is 0.226. The highest BCUT2D eigenvalue weighted by Gasteiger charge is 2.54. The van der Waals surface area contributed by atoms with Crippen molar-refractivity contribution >= 4 is 11.9 Å². The lowest BCUT2D eigenvalue weighted by molar-refractivity contribution is -0.206. The number of rotatable bonds is 4. The van der Waals surface area contributed by atoms with Crippen molar-refractivity contribution in [2.24, 2.45) is 11.8 Å². The van der Waals surface area contributed by atoms with Crippen molar-refractivity contribution in [2.75, 3.05) is 6.61 Å². The van der Waals surface area contributed by atoms with Crippen molar-refractivity contribution in [3.8, 4) is 0 Å². The van der Waals surface area contributed by atoms with Gasteiger partial charge in [-0.15, -0.1) is 0 Å². The molecule has 3 rings (SSSR count). The number of carbonyl (C=O) groups excluding carboxylic acids is 2. The number of hydrogen-bond donors (Lipinski definition) is 2. The molecule has 150 valence electrons. The van der Waals surface area contributed by atoms with Crippen LogP contribution in [0.2, 0.25) is 0 Å². The van der Waals surface area contributed by atoms with Gasteiger partial charge in [0.15, 0.2) is 5.79 Å². The van der Waals surface area contributed by atoms with Crippen molar-refractivity contribution in [2.45, 2.75) is 70.1 Å². The average molecular weight is 380 g/mol. The summed E-state index contributed by atoms with van der Waals surface area (Å²) < 4.78 is 17.2. The summed E-state index contributed by atoms with van der Waals surface area (Å²) in [6.45, 7) is 8.93. The molecular formula is C20H28O7. The molecule has 0 aliphatic carbocycles. The van der Waals surface area contributed by atoms with Crippen LogP contribution >= 0.6 is 0 Å². The second-order valence-corrected chi connectivity index (χ2v) is 8.10. The number of aliphatic hydroxyl groups excluding tert-OH is 1. The fraction of sp³-hybridized carbons (Fsp3) is 0.700. The Kier molecular flexibility index (Phi) is 5.22. The summed E-state index contributed by atoms with van der Waals surface area (Å²) >= 11 is 0. The third-order valence-corrected chi connectivity index (χ3v) is 6.02. The van der Waals surface area contributed by atoms with Crippen molar-refractivity contribution in [3.05, 3.63) is 23.8 Å². The molecule has 3 aliphatic heterocycles. The molecule has 2 bridgehead atoms. The van der Waals surface area contributed by atoms with E-state index >= 15 is 0 Å². The molecule has 0 radical (unpaired) electrons. The smallest absolute Gasteiger partial charge is 0.334 e. The van der Waals surface area contributed by atoms with Crippen LogP contribution in [-0.2, 0) is 23.8 Å². The Labute approximate surface area is 159 Å². The number of ether oxygens (including phenoxy) is 3. The third-order valence-electron chi connectivity index (χ3n) is 6.02. The predicted octanol–water partition coefficient (Wildman–Crippen LogP) is 1.62. The first-order chi connectivity index (χ1) is 12.6. The van der Waals surface area contributed by atoms with Crippen LogP contribution in [0.4, 0.5) is 0 Å². The highest BCUT2D eigenvalue weighted by Crippen LogP contribution is 2.47. The van der Waals surface area contributed by atoms with Gasteiger partial charge in [0.1, 0.15) is 12.2 Å². The molecule has 6 atom stereocenters. The molecule has 2 fully saturated rings. The molecule has 0 saturated carbocycles. The predicted molar refractivity (Wildman–Crippen MR) is 95.3 cm³/mol. The number of aliphatic hydroxyl groups is 2. The summed E-state index contributed by atoms with van der Waals surface area (Å²) in [5.74, 6) is -3.40. The maximum Gasteiger partial charge on any atom is 0.334 e. The minimum Gasteiger partial charge on any atom is -0.461 e. The highest BCUT2D eigenvalue weighted by atomic mass is 16.6. The SMILES string of the molecule is C=C1C(=O)O[C@@H]2/C=C(/CO)[C@@]3(O)CC[C@@](C)(C[C@@H](OC(=O)C(C)CC)[C@@H]12)O3. The molecule has 0 aromatic carbocycles. The summed E-state index contributed by atoms with van der Waals surface area (Å²) in [7, 11) is 0. The first-order valence-electron chi connectivity index (χ1n) is 9.47. The van der Waals surface area contributed by atoms with E-state index in [1.165, 1.54) is 6.08 Å². The second kappa shape index (κ2) is 7.04. The molecule has 7 nitrogen and oxygen atoms in total. The van der Waals surface area contributed by atoms with Gasteiger partial charge in [-0.05, 0) is 25.8 Å². The number of carbonyl (C=O) groups is 2. The summed E-state index contributed by atoms with van der Waals surface area (Å²) in [5.41, 5.74) is -0.300. The van der Waals surface area contributed by atoms with E-state index in [2.05, 4.69) is 6.58 Å². The summed E-state index contributed by atoms with van der Waals surface area (Å²) in [4.78, 5) is 24.6. The second-order valence-electron chi connectivity index (χ2n) is 8.10. The van der Waals surface area contributed by atoms with Gasteiger partial charge in [-0.25, -0.2) is 4.79 Å². The third kappa shape index (κ3) is 3.56. The monoisotopic (exact) mass is 380 g/mol. The Hall–Kier alpha value is -1.70. The number of esters is 2. The van der Waals surface area contributed by atoms with Crippen LogP contribution in [0.5, 0.6) is 0 Å². The molecular weight excluding hydrogens is 352 g/mol. The summed E-state index contributed by atoms with van der Waals surface area (Å²) in [5, 5.41) is 20.7. The van der Waals surface area contributed by atoms with E-state index in [1.807, 2.05) is 13.8 Å². The van der Waals surface area contributed by atoms with Gasteiger partial charge in [0.05, 0.1) is 24.0 Å². The van der Waals surface area contributed by atoms with Gasteiger partial charge in [-0.2, -0.15) is 0 Å². The first kappa shape index (κ1) is 20.0. The van der Waals surface area contributed by atoms with Crippen LogP contribution in [0, 0.1) is 11.8 Å². The zero-order valence-electron chi connectivity index (χ0n) is 16.1. The van der Waals surface area contributed by atoms with Crippen molar-refractivity contribution in [3.63, 3.8) is 0 Å². The lowest BCUT2D eigenvalue weighted by Crippen LogP contribution is -2.41. The maximum absolute atomic E-state index is 12.5. The minimum atomic E-state index is -1.63. The van der Waals surface area contributed by atoms with Gasteiger partial charge < -0.3 is 24.4 Å². The van der Waals surface area contributed by atoms with Crippen LogP contribution in [0.25, 0.3) is 0 Å². The zero-order valence-corrected chi connectivity index (χ0v) is 16.1. The molecule has 0 spiro atoms.